The Hall–Kier alpha value is -4.04. The van der Waals surface area contributed by atoms with Gasteiger partial charge in [0, 0.05) is 37.3 Å². The summed E-state index contributed by atoms with van der Waals surface area (Å²) in [6.07, 6.45) is 2.47. The number of hydrogen-bond donors (Lipinski definition) is 0. The topological polar surface area (TPSA) is 57.1 Å². The summed E-state index contributed by atoms with van der Waals surface area (Å²) in [4.78, 5) is 23.4. The Bertz CT molecular complexity index is 1580. The molecule has 0 aliphatic carbocycles. The highest BCUT2D eigenvalue weighted by atomic mass is 32.1. The van der Waals surface area contributed by atoms with E-state index in [9.17, 15) is 9.18 Å². The van der Waals surface area contributed by atoms with Crippen LogP contribution in [0, 0.1) is 12.7 Å². The summed E-state index contributed by atoms with van der Waals surface area (Å²) >= 11 is 1.46. The number of para-hydroxylation sites is 1. The van der Waals surface area contributed by atoms with Crippen LogP contribution in [0.1, 0.15) is 11.4 Å². The van der Waals surface area contributed by atoms with Crippen LogP contribution < -0.4 is 10.4 Å². The molecule has 0 bridgehead atoms. The maximum absolute atomic E-state index is 13.6. The molecule has 0 amide bonds. The van der Waals surface area contributed by atoms with Crippen LogP contribution >= 0.6 is 11.3 Å². The maximum atomic E-state index is 13.6. The van der Waals surface area contributed by atoms with Crippen LogP contribution in [0.15, 0.2) is 94.2 Å². The van der Waals surface area contributed by atoms with Gasteiger partial charge < -0.3 is 4.57 Å². The molecule has 3 aromatic heterocycles. The molecule has 3 heterocycles. The number of pyridine rings is 1. The monoisotopic (exact) mass is 485 g/mol. The van der Waals surface area contributed by atoms with Gasteiger partial charge in [0.2, 0.25) is 0 Å². The Morgan fingerprint density at radius 3 is 2.46 bits per heavy atom. The van der Waals surface area contributed by atoms with Crippen molar-refractivity contribution in [2.24, 2.45) is 12.0 Å². The summed E-state index contributed by atoms with van der Waals surface area (Å²) in [5, 5.41) is 2.00. The van der Waals surface area contributed by atoms with E-state index in [4.69, 9.17) is 4.99 Å². The Morgan fingerprint density at radius 2 is 1.74 bits per heavy atom. The second kappa shape index (κ2) is 9.68. The summed E-state index contributed by atoms with van der Waals surface area (Å²) < 4.78 is 19.1. The first kappa shape index (κ1) is 22.7. The summed E-state index contributed by atoms with van der Waals surface area (Å²) in [5.74, 6) is -0.282. The van der Waals surface area contributed by atoms with E-state index >= 15 is 0 Å². The highest BCUT2D eigenvalue weighted by Gasteiger charge is 2.17. The molecule has 0 atom stereocenters. The molecule has 0 aliphatic heterocycles. The fourth-order valence-corrected chi connectivity index (χ4v) is 4.98. The van der Waals surface area contributed by atoms with E-state index in [-0.39, 0.29) is 11.4 Å². The third-order valence-corrected chi connectivity index (χ3v) is 6.85. The molecule has 35 heavy (non-hydrogen) atoms. The van der Waals surface area contributed by atoms with Crippen molar-refractivity contribution in [3.8, 4) is 16.9 Å². The molecule has 8 heteroatoms. The zero-order chi connectivity index (χ0) is 24.4. The van der Waals surface area contributed by atoms with Gasteiger partial charge in [-0.3, -0.25) is 14.5 Å². The van der Waals surface area contributed by atoms with Crippen LogP contribution in [0.3, 0.4) is 0 Å². The lowest BCUT2D eigenvalue weighted by Crippen LogP contribution is -2.20. The molecule has 5 aromatic rings. The molecule has 0 fully saturated rings. The van der Waals surface area contributed by atoms with Crippen LogP contribution in [-0.4, -0.2) is 18.9 Å². The van der Waals surface area contributed by atoms with Crippen molar-refractivity contribution in [3.63, 3.8) is 0 Å². The summed E-state index contributed by atoms with van der Waals surface area (Å²) in [6, 6.07) is 21.8. The number of benzene rings is 2. The average Bonchev–Trinajstić information content (AvgIpc) is 3.38. The minimum atomic E-state index is -0.282. The number of thiazole rings is 1. The van der Waals surface area contributed by atoms with E-state index in [0.717, 1.165) is 28.3 Å². The van der Waals surface area contributed by atoms with Gasteiger partial charge in [-0.05, 0) is 61.0 Å². The molecule has 0 N–H and O–H groups in total. The van der Waals surface area contributed by atoms with Gasteiger partial charge in [-0.2, -0.15) is 0 Å². The Kier molecular flexibility index (Phi) is 6.29. The molecular weight excluding hydrogens is 461 g/mol. The van der Waals surface area contributed by atoms with Gasteiger partial charge in [-0.25, -0.2) is 14.1 Å². The van der Waals surface area contributed by atoms with Gasteiger partial charge in [-0.1, -0.05) is 24.3 Å². The Balaban J connectivity index is 1.64. The van der Waals surface area contributed by atoms with Crippen LogP contribution in [0.2, 0.25) is 0 Å². The van der Waals surface area contributed by atoms with Gasteiger partial charge in [0.25, 0.3) is 5.56 Å². The Labute approximate surface area is 205 Å². The first-order valence-electron chi connectivity index (χ1n) is 11.3. The van der Waals surface area contributed by atoms with Gasteiger partial charge in [0.1, 0.15) is 5.82 Å². The second-order valence-corrected chi connectivity index (χ2v) is 8.99. The quantitative estimate of drug-likeness (QED) is 0.339. The van der Waals surface area contributed by atoms with Crippen molar-refractivity contribution in [3.05, 3.63) is 117 Å². The highest BCUT2D eigenvalue weighted by Crippen LogP contribution is 2.22. The van der Waals surface area contributed by atoms with Crippen LogP contribution in [0.25, 0.3) is 16.9 Å². The van der Waals surface area contributed by atoms with Gasteiger partial charge in [-0.15, -0.1) is 11.3 Å². The minimum Gasteiger partial charge on any atom is -0.316 e. The van der Waals surface area contributed by atoms with E-state index in [1.807, 2.05) is 72.6 Å². The molecule has 0 aliphatic rings. The normalized spacial score (nSPS) is 11.8. The van der Waals surface area contributed by atoms with Crippen molar-refractivity contribution in [2.75, 3.05) is 0 Å². The third kappa shape index (κ3) is 4.52. The first-order chi connectivity index (χ1) is 17.0. The smallest absolute Gasteiger partial charge is 0.297 e. The molecule has 0 saturated carbocycles. The first-order valence-corrected chi connectivity index (χ1v) is 12.1. The van der Waals surface area contributed by atoms with Crippen molar-refractivity contribution in [2.45, 2.75) is 19.9 Å². The highest BCUT2D eigenvalue weighted by molar-refractivity contribution is 7.07. The second-order valence-electron chi connectivity index (χ2n) is 8.16. The molecule has 0 unspecified atom stereocenters. The van der Waals surface area contributed by atoms with E-state index in [1.165, 1.54) is 23.5 Å². The molecule has 0 radical (unpaired) electrons. The van der Waals surface area contributed by atoms with Crippen molar-refractivity contribution >= 4 is 17.0 Å². The van der Waals surface area contributed by atoms with Crippen molar-refractivity contribution < 1.29 is 4.39 Å². The zero-order valence-electron chi connectivity index (χ0n) is 19.4. The molecule has 0 spiro atoms. The SMILES string of the molecule is Cc1c(N=c2scc(-c3ccc(F)cc3)n2CCc2ccccn2)c(=O)n(-c2ccccc2)n1C. The number of hydrogen-bond acceptors (Lipinski definition) is 4. The summed E-state index contributed by atoms with van der Waals surface area (Å²) in [5.41, 5.74) is 4.54. The summed E-state index contributed by atoms with van der Waals surface area (Å²) in [7, 11) is 1.86. The van der Waals surface area contributed by atoms with Crippen LogP contribution in [0.4, 0.5) is 10.1 Å². The number of rotatable bonds is 6. The fraction of sp³-hybridized carbons (Fsp3) is 0.148. The van der Waals surface area contributed by atoms with E-state index in [1.54, 1.807) is 23.0 Å². The maximum Gasteiger partial charge on any atom is 0.297 e. The average molecular weight is 486 g/mol. The number of aromatic nitrogens is 4. The largest absolute Gasteiger partial charge is 0.316 e. The number of halogens is 1. The van der Waals surface area contributed by atoms with Gasteiger partial charge in [0.15, 0.2) is 10.5 Å². The minimum absolute atomic E-state index is 0.177. The lowest BCUT2D eigenvalue weighted by molar-refractivity contribution is 0.627. The molecular formula is C27H24FN5OS. The lowest BCUT2D eigenvalue weighted by atomic mass is 10.1. The van der Waals surface area contributed by atoms with Crippen molar-refractivity contribution in [1.82, 2.24) is 18.9 Å². The van der Waals surface area contributed by atoms with E-state index in [0.29, 0.717) is 23.5 Å². The predicted octanol–water partition coefficient (Wildman–Crippen LogP) is 5.02. The molecule has 5 rings (SSSR count). The van der Waals surface area contributed by atoms with E-state index in [2.05, 4.69) is 9.55 Å². The standard InChI is InChI=1S/C27H24FN5OS/c1-19-25(26(34)33(31(19)2)23-9-4-3-5-10-23)30-27-32(17-15-22-8-6-7-16-29-22)24(18-35-27)20-11-13-21(28)14-12-20/h3-14,16,18H,15,17H2,1-2H3. The van der Waals surface area contributed by atoms with Crippen LogP contribution in [0.5, 0.6) is 0 Å². The lowest BCUT2D eigenvalue weighted by Gasteiger charge is -2.09. The zero-order valence-corrected chi connectivity index (χ0v) is 20.2. The molecule has 2 aromatic carbocycles. The van der Waals surface area contributed by atoms with Crippen molar-refractivity contribution in [1.29, 1.82) is 0 Å². The fourth-order valence-electron chi connectivity index (χ4n) is 4.04. The third-order valence-electron chi connectivity index (χ3n) is 5.99. The molecule has 6 nitrogen and oxygen atoms in total. The van der Waals surface area contributed by atoms with Crippen LogP contribution in [-0.2, 0) is 20.0 Å². The predicted molar refractivity (Wildman–Crippen MR) is 137 cm³/mol. The van der Waals surface area contributed by atoms with E-state index < -0.39 is 0 Å². The molecule has 0 saturated heterocycles. The Morgan fingerprint density at radius 1 is 1.00 bits per heavy atom. The number of nitrogens with zero attached hydrogens (tertiary/aromatic N) is 5. The summed E-state index contributed by atoms with van der Waals surface area (Å²) in [6.45, 7) is 2.51. The number of aryl methyl sites for hydroxylation is 1. The van der Waals surface area contributed by atoms with Gasteiger partial charge >= 0.3 is 0 Å². The van der Waals surface area contributed by atoms with Gasteiger partial charge in [0.05, 0.1) is 17.1 Å². The molecule has 176 valence electrons.